The fraction of sp³-hybridized carbons (Fsp3) is 0.312. The van der Waals surface area contributed by atoms with Gasteiger partial charge in [0.05, 0.1) is 25.2 Å². The molecule has 0 radical (unpaired) electrons. The zero-order chi connectivity index (χ0) is 17.9. The van der Waals surface area contributed by atoms with Gasteiger partial charge in [-0.2, -0.15) is 0 Å². The molecule has 0 atom stereocenters. The van der Waals surface area contributed by atoms with Gasteiger partial charge < -0.3 is 24.5 Å². The molecular weight excluding hydrogens is 316 g/mol. The fourth-order valence-corrected chi connectivity index (χ4v) is 2.38. The number of nitrogens with one attached hydrogen (secondary N) is 1. The molecule has 2 N–H and O–H groups in total. The maximum atomic E-state index is 12.5. The predicted molar refractivity (Wildman–Crippen MR) is 87.0 cm³/mol. The molecule has 8 nitrogen and oxygen atoms in total. The van der Waals surface area contributed by atoms with Crippen LogP contribution in [0.5, 0.6) is 11.5 Å². The van der Waals surface area contributed by atoms with E-state index in [1.807, 2.05) is 0 Å². The van der Waals surface area contributed by atoms with Crippen LogP contribution in [0.3, 0.4) is 0 Å². The fourth-order valence-electron chi connectivity index (χ4n) is 2.38. The van der Waals surface area contributed by atoms with Crippen LogP contribution in [0.2, 0.25) is 0 Å². The Bertz CT molecular complexity index is 856. The number of hydrogen-bond donors (Lipinski definition) is 2. The highest BCUT2D eigenvalue weighted by molar-refractivity contribution is 6.07. The Hall–Kier alpha value is -3.03. The molecule has 8 heteroatoms. The van der Waals surface area contributed by atoms with Gasteiger partial charge in [0.2, 0.25) is 0 Å². The van der Waals surface area contributed by atoms with Crippen LogP contribution in [0.1, 0.15) is 17.3 Å². The predicted octanol–water partition coefficient (Wildman–Crippen LogP) is 0.853. The van der Waals surface area contributed by atoms with Crippen molar-refractivity contribution in [2.24, 2.45) is 0 Å². The van der Waals surface area contributed by atoms with Crippen molar-refractivity contribution in [1.82, 2.24) is 9.88 Å². The molecule has 1 aromatic heterocycles. The molecule has 0 aliphatic heterocycles. The average molecular weight is 334 g/mol. The Morgan fingerprint density at radius 3 is 2.25 bits per heavy atom. The smallest absolute Gasteiger partial charge is 0.322 e. The summed E-state index contributed by atoms with van der Waals surface area (Å²) in [5.41, 5.74) is -0.0862. The van der Waals surface area contributed by atoms with Crippen molar-refractivity contribution in [2.75, 3.05) is 20.8 Å². The lowest BCUT2D eigenvalue weighted by Crippen LogP contribution is -2.31. The van der Waals surface area contributed by atoms with Gasteiger partial charge in [-0.15, -0.1) is 0 Å². The third-order valence-corrected chi connectivity index (χ3v) is 3.58. The van der Waals surface area contributed by atoms with Gasteiger partial charge in [-0.05, 0) is 19.1 Å². The number of benzene rings is 1. The molecule has 0 saturated heterocycles. The third-order valence-electron chi connectivity index (χ3n) is 3.58. The lowest BCUT2D eigenvalue weighted by molar-refractivity contribution is -0.135. The number of fused-ring (bicyclic) bond motifs is 1. The molecule has 0 spiro atoms. The Labute approximate surface area is 137 Å². The number of aryl methyl sites for hydroxylation is 1. The third kappa shape index (κ3) is 3.17. The minimum atomic E-state index is -1.16. The van der Waals surface area contributed by atoms with E-state index in [-0.39, 0.29) is 16.5 Å². The average Bonchev–Trinajstić information content (AvgIpc) is 2.58. The quantitative estimate of drug-likeness (QED) is 0.811. The largest absolute Gasteiger partial charge is 0.493 e. The summed E-state index contributed by atoms with van der Waals surface area (Å²) in [5, 5.41) is 11.7. The van der Waals surface area contributed by atoms with Crippen LogP contribution in [0.4, 0.5) is 0 Å². The number of pyridine rings is 1. The highest BCUT2D eigenvalue weighted by Crippen LogP contribution is 2.32. The number of rotatable bonds is 6. The number of carbonyl (C=O) groups excluding carboxylic acids is 1. The molecular formula is C16H18N2O6. The Balaban J connectivity index is 2.73. The van der Waals surface area contributed by atoms with Crippen molar-refractivity contribution >= 4 is 22.6 Å². The number of nitrogens with zero attached hydrogens (tertiary/aromatic N) is 1. The van der Waals surface area contributed by atoms with Crippen LogP contribution in [0, 0.1) is 0 Å². The zero-order valence-electron chi connectivity index (χ0n) is 13.6. The first-order valence-corrected chi connectivity index (χ1v) is 7.22. The molecule has 1 aromatic carbocycles. The summed E-state index contributed by atoms with van der Waals surface area (Å²) >= 11 is 0. The molecule has 1 heterocycles. The van der Waals surface area contributed by atoms with Gasteiger partial charge in [-0.1, -0.05) is 0 Å². The molecule has 0 fully saturated rings. The lowest BCUT2D eigenvalue weighted by Gasteiger charge is -2.14. The summed E-state index contributed by atoms with van der Waals surface area (Å²) in [4.78, 5) is 35.5. The summed E-state index contributed by atoms with van der Waals surface area (Å²) in [5.74, 6) is -1.01. The SMILES string of the molecule is CCn1cc(C(=O)NCC(=O)O)c2cc(OC)c(OC)cc2c1=O. The molecule has 0 saturated carbocycles. The van der Waals surface area contributed by atoms with Crippen LogP contribution < -0.4 is 20.3 Å². The minimum Gasteiger partial charge on any atom is -0.493 e. The number of carbonyl (C=O) groups is 2. The van der Waals surface area contributed by atoms with Gasteiger partial charge in [0.15, 0.2) is 11.5 Å². The second kappa shape index (κ2) is 7.03. The molecule has 128 valence electrons. The first-order chi connectivity index (χ1) is 11.4. The van der Waals surface area contributed by atoms with Crippen LogP contribution in [0.15, 0.2) is 23.1 Å². The van der Waals surface area contributed by atoms with Crippen LogP contribution in [-0.4, -0.2) is 42.3 Å². The first-order valence-electron chi connectivity index (χ1n) is 7.22. The zero-order valence-corrected chi connectivity index (χ0v) is 13.6. The molecule has 1 amide bonds. The Kier molecular flexibility index (Phi) is 5.08. The number of methoxy groups -OCH3 is 2. The maximum Gasteiger partial charge on any atom is 0.322 e. The number of ether oxygens (including phenoxy) is 2. The topological polar surface area (TPSA) is 107 Å². The van der Waals surface area contributed by atoms with E-state index in [1.165, 1.54) is 37.1 Å². The number of aromatic nitrogens is 1. The van der Waals surface area contributed by atoms with Crippen molar-refractivity contribution in [3.63, 3.8) is 0 Å². The van der Waals surface area contributed by atoms with E-state index in [2.05, 4.69) is 5.32 Å². The molecule has 0 aliphatic carbocycles. The van der Waals surface area contributed by atoms with E-state index in [4.69, 9.17) is 14.6 Å². The van der Waals surface area contributed by atoms with E-state index in [0.29, 0.717) is 23.4 Å². The van der Waals surface area contributed by atoms with Gasteiger partial charge in [-0.3, -0.25) is 14.4 Å². The van der Waals surface area contributed by atoms with Crippen molar-refractivity contribution in [1.29, 1.82) is 0 Å². The van der Waals surface area contributed by atoms with Crippen LogP contribution >= 0.6 is 0 Å². The van der Waals surface area contributed by atoms with Gasteiger partial charge in [0.1, 0.15) is 6.54 Å². The van der Waals surface area contributed by atoms with E-state index < -0.39 is 18.4 Å². The lowest BCUT2D eigenvalue weighted by atomic mass is 10.1. The summed E-state index contributed by atoms with van der Waals surface area (Å²) in [6.45, 7) is 1.62. The normalized spacial score (nSPS) is 10.5. The van der Waals surface area contributed by atoms with Gasteiger partial charge in [-0.25, -0.2) is 0 Å². The van der Waals surface area contributed by atoms with Crippen LogP contribution in [-0.2, 0) is 11.3 Å². The van der Waals surface area contributed by atoms with Gasteiger partial charge in [0.25, 0.3) is 11.5 Å². The summed E-state index contributed by atoms with van der Waals surface area (Å²) in [7, 11) is 2.90. The summed E-state index contributed by atoms with van der Waals surface area (Å²) in [6, 6.07) is 3.04. The Morgan fingerprint density at radius 1 is 1.17 bits per heavy atom. The molecule has 0 unspecified atom stereocenters. The van der Waals surface area contributed by atoms with Crippen molar-refractivity contribution in [2.45, 2.75) is 13.5 Å². The maximum absolute atomic E-state index is 12.5. The van der Waals surface area contributed by atoms with Crippen molar-refractivity contribution < 1.29 is 24.2 Å². The molecule has 2 rings (SSSR count). The standard InChI is InChI=1S/C16H18N2O6/c1-4-18-8-11(15(21)17-7-14(19)20)9-5-12(23-2)13(24-3)6-10(9)16(18)22/h5-6,8H,4,7H2,1-3H3,(H,17,21)(H,19,20). The van der Waals surface area contributed by atoms with Gasteiger partial charge in [0, 0.05) is 18.1 Å². The number of carboxylic acid groups (broad SMARTS) is 1. The molecule has 0 bridgehead atoms. The van der Waals surface area contributed by atoms with E-state index >= 15 is 0 Å². The number of aliphatic carboxylic acids is 1. The first kappa shape index (κ1) is 17.3. The molecule has 2 aromatic rings. The second-order valence-corrected chi connectivity index (χ2v) is 4.96. The number of carboxylic acids is 1. The second-order valence-electron chi connectivity index (χ2n) is 4.96. The minimum absolute atomic E-state index is 0.189. The van der Waals surface area contributed by atoms with E-state index in [0.717, 1.165) is 0 Å². The monoisotopic (exact) mass is 334 g/mol. The number of hydrogen-bond acceptors (Lipinski definition) is 5. The molecule has 24 heavy (non-hydrogen) atoms. The highest BCUT2D eigenvalue weighted by atomic mass is 16.5. The summed E-state index contributed by atoms with van der Waals surface area (Å²) < 4.78 is 11.8. The van der Waals surface area contributed by atoms with Gasteiger partial charge >= 0.3 is 5.97 Å². The van der Waals surface area contributed by atoms with E-state index in [9.17, 15) is 14.4 Å². The summed E-state index contributed by atoms with van der Waals surface area (Å²) in [6.07, 6.45) is 1.41. The van der Waals surface area contributed by atoms with Crippen molar-refractivity contribution in [3.8, 4) is 11.5 Å². The molecule has 0 aliphatic rings. The number of amides is 1. The highest BCUT2D eigenvalue weighted by Gasteiger charge is 2.18. The van der Waals surface area contributed by atoms with E-state index in [1.54, 1.807) is 6.92 Å². The Morgan fingerprint density at radius 2 is 1.75 bits per heavy atom. The van der Waals surface area contributed by atoms with Crippen LogP contribution in [0.25, 0.3) is 10.8 Å². The van der Waals surface area contributed by atoms with Crippen molar-refractivity contribution in [3.05, 3.63) is 34.2 Å².